The van der Waals surface area contributed by atoms with Crippen LogP contribution in [0.5, 0.6) is 6.01 Å². The van der Waals surface area contributed by atoms with E-state index in [2.05, 4.69) is 77.6 Å². The fourth-order valence-corrected chi connectivity index (χ4v) is 7.55. The monoisotopic (exact) mass is 633 g/mol. The van der Waals surface area contributed by atoms with Crippen LogP contribution in [0.3, 0.4) is 0 Å². The number of carbonyl (C=O) groups is 1. The van der Waals surface area contributed by atoms with Gasteiger partial charge in [0, 0.05) is 62.5 Å². The number of hydrogen-bond donors (Lipinski definition) is 0. The highest BCUT2D eigenvalue weighted by Gasteiger charge is 2.34. The first-order valence-electron chi connectivity index (χ1n) is 17.5. The van der Waals surface area contributed by atoms with Crippen molar-refractivity contribution >= 4 is 28.2 Å². The van der Waals surface area contributed by atoms with E-state index < -0.39 is 0 Å². The van der Waals surface area contributed by atoms with E-state index in [4.69, 9.17) is 14.7 Å². The average Bonchev–Trinajstić information content (AvgIpc) is 4.02. The highest BCUT2D eigenvalue weighted by atomic mass is 16.5. The molecule has 246 valence electrons. The van der Waals surface area contributed by atoms with Gasteiger partial charge in [-0.15, -0.1) is 0 Å². The number of benzene rings is 2. The summed E-state index contributed by atoms with van der Waals surface area (Å²) < 4.78 is 6.59. The van der Waals surface area contributed by atoms with Crippen molar-refractivity contribution in [3.05, 3.63) is 65.9 Å². The maximum Gasteiger partial charge on any atom is 0.318 e. The van der Waals surface area contributed by atoms with Crippen molar-refractivity contribution in [1.82, 2.24) is 19.8 Å². The Kier molecular flexibility index (Phi) is 9.05. The summed E-state index contributed by atoms with van der Waals surface area (Å²) in [6.45, 7) is 14.4. The van der Waals surface area contributed by atoms with Crippen LogP contribution in [0.2, 0.25) is 0 Å². The van der Waals surface area contributed by atoms with Crippen molar-refractivity contribution in [1.29, 1.82) is 5.26 Å². The third kappa shape index (κ3) is 7.08. The fraction of sp³-hybridized carbons (Fsp3) is 0.526. The molecular formula is C38H47N7O2. The van der Waals surface area contributed by atoms with Crippen LogP contribution in [0.4, 0.5) is 11.5 Å². The number of nitrogens with zero attached hydrogens (tertiary/aromatic N) is 7. The van der Waals surface area contributed by atoms with Gasteiger partial charge in [0.2, 0.25) is 5.91 Å². The Morgan fingerprint density at radius 2 is 1.83 bits per heavy atom. The van der Waals surface area contributed by atoms with Crippen LogP contribution in [0, 0.1) is 30.1 Å². The highest BCUT2D eigenvalue weighted by Crippen LogP contribution is 2.37. The highest BCUT2D eigenvalue weighted by molar-refractivity contribution is 5.97. The van der Waals surface area contributed by atoms with E-state index in [9.17, 15) is 10.1 Å². The second-order valence-electron chi connectivity index (χ2n) is 14.1. The minimum atomic E-state index is -0.231. The fourth-order valence-electron chi connectivity index (χ4n) is 7.55. The maximum atomic E-state index is 12.6. The van der Waals surface area contributed by atoms with Crippen LogP contribution in [-0.4, -0.2) is 83.6 Å². The number of fused-ring (bicyclic) bond motifs is 2. The summed E-state index contributed by atoms with van der Waals surface area (Å²) in [7, 11) is 0. The van der Waals surface area contributed by atoms with Crippen LogP contribution in [0.15, 0.2) is 49.1 Å². The first-order valence-corrected chi connectivity index (χ1v) is 17.5. The topological polar surface area (TPSA) is 88.8 Å². The van der Waals surface area contributed by atoms with Crippen molar-refractivity contribution in [2.45, 2.75) is 71.1 Å². The quantitative estimate of drug-likeness (QED) is 0.242. The average molecular weight is 634 g/mol. The van der Waals surface area contributed by atoms with Crippen molar-refractivity contribution < 1.29 is 9.53 Å². The molecule has 2 unspecified atom stereocenters. The Morgan fingerprint density at radius 3 is 2.53 bits per heavy atom. The van der Waals surface area contributed by atoms with Gasteiger partial charge in [0.05, 0.1) is 30.8 Å². The predicted octanol–water partition coefficient (Wildman–Crippen LogP) is 5.51. The molecule has 0 radical (unpaired) electrons. The van der Waals surface area contributed by atoms with E-state index in [-0.39, 0.29) is 24.5 Å². The van der Waals surface area contributed by atoms with Gasteiger partial charge in [-0.3, -0.25) is 9.69 Å². The zero-order chi connectivity index (χ0) is 32.5. The Labute approximate surface area is 278 Å². The van der Waals surface area contributed by atoms with E-state index in [0.29, 0.717) is 32.2 Å². The van der Waals surface area contributed by atoms with Crippen LogP contribution in [0.1, 0.15) is 55.8 Å². The van der Waals surface area contributed by atoms with Gasteiger partial charge < -0.3 is 19.4 Å². The molecule has 2 aromatic carbocycles. The second kappa shape index (κ2) is 13.5. The van der Waals surface area contributed by atoms with Crippen LogP contribution < -0.4 is 14.5 Å². The summed E-state index contributed by atoms with van der Waals surface area (Å²) in [5, 5.41) is 12.1. The van der Waals surface area contributed by atoms with E-state index >= 15 is 0 Å². The Morgan fingerprint density at radius 1 is 1.09 bits per heavy atom. The van der Waals surface area contributed by atoms with Crippen LogP contribution >= 0.6 is 0 Å². The minimum Gasteiger partial charge on any atom is -0.459 e. The zero-order valence-electron chi connectivity index (χ0n) is 27.9. The molecule has 0 spiro atoms. The standard InChI is InChI=1S/C38H47N7O2/c1-4-35(46)45-20-19-44(24-31(45)15-17-39)37-32-16-18-43(34-10-6-9-30-8-5-7-26(2)36(30)34)25-33(32)40-38(41-37)47-27(3)21-42(22-28-11-12-28)23-29-13-14-29/h4-10,27-29,31H,1,11-16,18-25H2,2-3H3. The van der Waals surface area contributed by atoms with Crippen LogP contribution in [0.25, 0.3) is 10.8 Å². The predicted molar refractivity (Wildman–Crippen MR) is 186 cm³/mol. The SMILES string of the molecule is C=CC(=O)N1CCN(c2nc(OC(C)CN(CC3CC3)CC3CC3)nc3c2CCN(c2cccc4cccc(C)c24)C3)CC1CC#N. The lowest BCUT2D eigenvalue weighted by Crippen LogP contribution is -2.55. The summed E-state index contributed by atoms with van der Waals surface area (Å²) in [6, 6.07) is 15.5. The van der Waals surface area contributed by atoms with E-state index in [1.165, 1.54) is 53.8 Å². The van der Waals surface area contributed by atoms with Gasteiger partial charge in [0.25, 0.3) is 0 Å². The number of hydrogen-bond acceptors (Lipinski definition) is 8. The number of amides is 1. The molecule has 0 N–H and O–H groups in total. The normalized spacial score (nSPS) is 20.2. The molecule has 1 amide bonds. The van der Waals surface area contributed by atoms with Crippen molar-refractivity contribution in [2.24, 2.45) is 11.8 Å². The summed E-state index contributed by atoms with van der Waals surface area (Å²) >= 11 is 0. The third-order valence-electron chi connectivity index (χ3n) is 10.3. The van der Waals surface area contributed by atoms with Crippen molar-refractivity contribution in [3.8, 4) is 12.1 Å². The first kappa shape index (κ1) is 31.4. The number of aromatic nitrogens is 2. The van der Waals surface area contributed by atoms with E-state index in [0.717, 1.165) is 61.5 Å². The van der Waals surface area contributed by atoms with Gasteiger partial charge >= 0.3 is 6.01 Å². The number of carbonyl (C=O) groups excluding carboxylic acids is 1. The molecule has 1 saturated heterocycles. The molecule has 9 heteroatoms. The van der Waals surface area contributed by atoms with Crippen LogP contribution in [-0.2, 0) is 17.8 Å². The lowest BCUT2D eigenvalue weighted by Gasteiger charge is -2.42. The van der Waals surface area contributed by atoms with Gasteiger partial charge in [0.1, 0.15) is 11.9 Å². The first-order chi connectivity index (χ1) is 22.9. The molecule has 2 aliphatic carbocycles. The number of rotatable bonds is 12. The van der Waals surface area contributed by atoms with Gasteiger partial charge in [-0.2, -0.15) is 15.2 Å². The molecule has 2 aliphatic heterocycles. The number of anilines is 2. The molecule has 2 saturated carbocycles. The Bertz CT molecular complexity index is 1660. The molecule has 3 aromatic rings. The molecule has 47 heavy (non-hydrogen) atoms. The largest absolute Gasteiger partial charge is 0.459 e. The summed E-state index contributed by atoms with van der Waals surface area (Å²) in [4.78, 5) is 31.9. The van der Waals surface area contributed by atoms with Gasteiger partial charge in [-0.1, -0.05) is 36.9 Å². The lowest BCUT2D eigenvalue weighted by atomic mass is 9.99. The molecule has 3 heterocycles. The minimum absolute atomic E-state index is 0.0489. The summed E-state index contributed by atoms with van der Waals surface area (Å²) in [5.74, 6) is 2.43. The lowest BCUT2D eigenvalue weighted by molar-refractivity contribution is -0.128. The van der Waals surface area contributed by atoms with Crippen molar-refractivity contribution in [3.63, 3.8) is 0 Å². The molecule has 1 aromatic heterocycles. The molecule has 3 fully saturated rings. The van der Waals surface area contributed by atoms with E-state index in [1.54, 1.807) is 4.90 Å². The third-order valence-corrected chi connectivity index (χ3v) is 10.3. The van der Waals surface area contributed by atoms with Gasteiger partial charge in [-0.05, 0) is 80.9 Å². The number of nitriles is 1. The zero-order valence-corrected chi connectivity index (χ0v) is 27.9. The van der Waals surface area contributed by atoms with Crippen molar-refractivity contribution in [2.75, 3.05) is 55.6 Å². The smallest absolute Gasteiger partial charge is 0.318 e. The van der Waals surface area contributed by atoms with Gasteiger partial charge in [0.15, 0.2) is 0 Å². The molecule has 2 atom stereocenters. The molecule has 7 rings (SSSR count). The number of piperazine rings is 1. The van der Waals surface area contributed by atoms with Gasteiger partial charge in [-0.25, -0.2) is 0 Å². The molecular weight excluding hydrogens is 586 g/mol. The Hall–Kier alpha value is -4.16. The molecule has 4 aliphatic rings. The summed E-state index contributed by atoms with van der Waals surface area (Å²) in [5.41, 5.74) is 4.62. The Balaban J connectivity index is 1.19. The second-order valence-corrected chi connectivity index (χ2v) is 14.1. The number of ether oxygens (including phenoxy) is 1. The molecule has 0 bridgehead atoms. The maximum absolute atomic E-state index is 12.6. The number of aryl methyl sites for hydroxylation is 1. The summed E-state index contributed by atoms with van der Waals surface area (Å²) in [6.07, 6.45) is 7.74. The molecule has 9 nitrogen and oxygen atoms in total. The van der Waals surface area contributed by atoms with E-state index in [1.807, 2.05) is 0 Å².